The number of alkyl halides is 3. The van der Waals surface area contributed by atoms with Crippen molar-refractivity contribution in [1.82, 2.24) is 31.8 Å². The quantitative estimate of drug-likeness (QED) is 0.0724. The maximum atomic E-state index is 13.3. The Labute approximate surface area is 293 Å². The molecule has 0 saturated carbocycles. The topological polar surface area (TPSA) is 381 Å². The van der Waals surface area contributed by atoms with Crippen molar-refractivity contribution in [3.63, 3.8) is 0 Å². The zero-order valence-corrected chi connectivity index (χ0v) is 28.4. The molecule has 3 aromatic heterocycles. The van der Waals surface area contributed by atoms with Gasteiger partial charge in [-0.05, 0) is 12.1 Å². The van der Waals surface area contributed by atoms with Gasteiger partial charge in [-0.1, -0.05) is 0 Å². The van der Waals surface area contributed by atoms with Gasteiger partial charge in [-0.25, -0.2) is 28.9 Å². The van der Waals surface area contributed by atoms with Crippen molar-refractivity contribution in [3.8, 4) is 5.75 Å². The molecule has 2 saturated heterocycles. The molecule has 0 radical (unpaired) electrons. The average molecular weight is 806 g/mol. The number of aliphatic hydroxyl groups is 4. The van der Waals surface area contributed by atoms with Gasteiger partial charge in [-0.15, -0.1) is 0 Å². The van der Waals surface area contributed by atoms with Gasteiger partial charge in [0.25, 0.3) is 0 Å². The van der Waals surface area contributed by atoms with Gasteiger partial charge in [0.05, 0.1) is 25.1 Å². The van der Waals surface area contributed by atoms with Gasteiger partial charge in [0.1, 0.15) is 59.8 Å². The summed E-state index contributed by atoms with van der Waals surface area (Å²) in [5.74, 6) is -0.254. The molecule has 2 unspecified atom stereocenters. The van der Waals surface area contributed by atoms with Crippen molar-refractivity contribution in [1.29, 1.82) is 0 Å². The summed E-state index contributed by atoms with van der Waals surface area (Å²) in [5, 5.41) is 41.2. The summed E-state index contributed by atoms with van der Waals surface area (Å²) in [5.41, 5.74) is 2.94. The van der Waals surface area contributed by atoms with Crippen molar-refractivity contribution in [3.05, 3.63) is 52.9 Å². The molecule has 2 fully saturated rings. The van der Waals surface area contributed by atoms with Crippen LogP contribution in [0.1, 0.15) is 11.8 Å². The van der Waals surface area contributed by atoms with Crippen molar-refractivity contribution >= 4 is 43.6 Å². The molecule has 1 aromatic carbocycles. The predicted octanol–water partition coefficient (Wildman–Crippen LogP) is 0.253. The Balaban J connectivity index is 0.00000314. The fourth-order valence-corrected chi connectivity index (χ4v) is 7.29. The number of fused-ring (bicyclic) bond motifs is 2. The number of nitrogens with zero attached hydrogens (tertiary/aromatic N) is 4. The van der Waals surface area contributed by atoms with E-state index in [0.29, 0.717) is 0 Å². The molecule has 4 aromatic rings. The fourth-order valence-electron chi connectivity index (χ4n) is 5.20. The molecule has 0 spiro atoms. The first-order valence-electron chi connectivity index (χ1n) is 14.3. The minimum absolute atomic E-state index is 0. The van der Waals surface area contributed by atoms with Crippen LogP contribution in [0.4, 0.5) is 19.0 Å². The van der Waals surface area contributed by atoms with Crippen LogP contribution in [0.5, 0.6) is 5.75 Å². The molecule has 10 atom stereocenters. The zero-order chi connectivity index (χ0) is 37.0. The summed E-state index contributed by atoms with van der Waals surface area (Å²) >= 11 is 0. The molecule has 6 rings (SSSR count). The number of benzene rings is 1. The Morgan fingerprint density at radius 1 is 0.887 bits per heavy atom. The molecule has 28 heteroatoms. The lowest BCUT2D eigenvalue weighted by molar-refractivity contribution is -0.136. The van der Waals surface area contributed by atoms with E-state index in [1.165, 1.54) is 10.9 Å². The number of phosphoric ester groups is 2. The number of phosphoric acid groups is 2. The number of aliphatic hydroxyl groups excluding tert-OH is 4. The third-order valence-corrected chi connectivity index (χ3v) is 10.2. The molecular weight excluding hydrogens is 773 g/mol. The highest BCUT2D eigenvalue weighted by Crippen LogP contribution is 2.60. The van der Waals surface area contributed by atoms with Gasteiger partial charge < -0.3 is 66.9 Å². The number of hydrogen-bond donors (Lipinski definition) is 9. The maximum Gasteiger partial charge on any atom is 0.481 e. The van der Waals surface area contributed by atoms with E-state index in [1.807, 2.05) is 0 Å². The molecular formula is C25H32F3N7O16P2. The van der Waals surface area contributed by atoms with E-state index in [4.69, 9.17) is 24.4 Å². The highest BCUT2D eigenvalue weighted by molar-refractivity contribution is 7.61. The molecule has 2 aliphatic heterocycles. The standard InChI is InChI=1S/C25H26F3N5O16P2.2H3N/c26-25(27,28)11-4-15(34)46-12-3-9(1-2-10(11)12)45-24-20(38)18(36)14(48-24)6-44-51(41,42)49-50(39,40)43-5-13-17(35)19(37)23(47-13)33-8-32-16-21(29)30-7-31-22(16)33;;/h1-4,7-8,13-14,17-20,23-24,35-38H,5-6H2,(H,39,40)(H,41,42)(H2,29,30,31);2*1H3/t13-,14-,17-,18-,19-,20-,23-,24+;;/m1../s1. The maximum absolute atomic E-state index is 13.3. The third-order valence-electron chi connectivity index (χ3n) is 7.60. The van der Waals surface area contributed by atoms with Crippen molar-refractivity contribution in [2.45, 2.75) is 55.3 Å². The highest BCUT2D eigenvalue weighted by Gasteiger charge is 2.48. The van der Waals surface area contributed by atoms with Crippen LogP contribution in [-0.4, -0.2) is 106 Å². The lowest BCUT2D eigenvalue weighted by Crippen LogP contribution is -2.35. The van der Waals surface area contributed by atoms with Gasteiger partial charge in [0.2, 0.25) is 6.29 Å². The van der Waals surface area contributed by atoms with Crippen LogP contribution in [0.3, 0.4) is 0 Å². The van der Waals surface area contributed by atoms with Crippen molar-refractivity contribution < 1.29 is 84.5 Å². The molecule has 5 heterocycles. The Hall–Kier alpha value is -3.69. The van der Waals surface area contributed by atoms with Crippen molar-refractivity contribution in [2.75, 3.05) is 18.9 Å². The van der Waals surface area contributed by atoms with Gasteiger partial charge in [-0.2, -0.15) is 17.5 Å². The lowest BCUT2D eigenvalue weighted by atomic mass is 10.1. The number of imidazole rings is 1. The number of aromatic nitrogens is 4. The van der Waals surface area contributed by atoms with Crippen LogP contribution in [0, 0.1) is 0 Å². The summed E-state index contributed by atoms with van der Waals surface area (Å²) in [4.78, 5) is 43.5. The minimum Gasteiger partial charge on any atom is -0.462 e. The molecule has 0 amide bonds. The number of halogens is 3. The predicted molar refractivity (Wildman–Crippen MR) is 167 cm³/mol. The summed E-state index contributed by atoms with van der Waals surface area (Å²) in [6.07, 6.45) is -15.8. The second-order valence-corrected chi connectivity index (χ2v) is 14.1. The van der Waals surface area contributed by atoms with Gasteiger partial charge >= 0.3 is 27.4 Å². The minimum atomic E-state index is -5.50. The van der Waals surface area contributed by atoms with Crippen LogP contribution in [0.15, 0.2) is 46.1 Å². The third kappa shape index (κ3) is 8.83. The smallest absolute Gasteiger partial charge is 0.462 e. The number of rotatable bonds is 11. The molecule has 2 aliphatic rings. The van der Waals surface area contributed by atoms with E-state index in [-0.39, 0.29) is 41.1 Å². The van der Waals surface area contributed by atoms with Crippen molar-refractivity contribution in [2.24, 2.45) is 0 Å². The van der Waals surface area contributed by atoms with Gasteiger partial charge in [0.15, 0.2) is 17.7 Å². The van der Waals surface area contributed by atoms with E-state index in [0.717, 1.165) is 24.5 Å². The largest absolute Gasteiger partial charge is 0.481 e. The summed E-state index contributed by atoms with van der Waals surface area (Å²) in [6, 6.07) is 3.12. The molecule has 53 heavy (non-hydrogen) atoms. The number of nitrogens with two attached hydrogens (primary N) is 1. The van der Waals surface area contributed by atoms with Gasteiger partial charge in [-0.3, -0.25) is 13.6 Å². The van der Waals surface area contributed by atoms with Crippen LogP contribution in [-0.2, 0) is 38.1 Å². The zero-order valence-electron chi connectivity index (χ0n) is 26.6. The first kappa shape index (κ1) is 42.1. The molecule has 14 N–H and O–H groups in total. The number of anilines is 1. The summed E-state index contributed by atoms with van der Waals surface area (Å²) in [7, 11) is -11.0. The van der Waals surface area contributed by atoms with E-state index in [1.54, 1.807) is 0 Å². The lowest BCUT2D eigenvalue weighted by Gasteiger charge is -2.20. The Bertz CT molecular complexity index is 2090. The first-order chi connectivity index (χ1) is 23.8. The summed E-state index contributed by atoms with van der Waals surface area (Å²) < 4.78 is 101. The Morgan fingerprint density at radius 2 is 1.51 bits per heavy atom. The van der Waals surface area contributed by atoms with Crippen LogP contribution < -0.4 is 28.4 Å². The summed E-state index contributed by atoms with van der Waals surface area (Å²) in [6.45, 7) is -2.02. The molecule has 23 nitrogen and oxygen atoms in total. The van der Waals surface area contributed by atoms with Crippen LogP contribution >= 0.6 is 15.6 Å². The average Bonchev–Trinajstić information content (AvgIpc) is 3.68. The molecule has 294 valence electrons. The Morgan fingerprint density at radius 3 is 2.15 bits per heavy atom. The second kappa shape index (κ2) is 15.6. The van der Waals surface area contributed by atoms with Crippen LogP contribution in [0.2, 0.25) is 0 Å². The van der Waals surface area contributed by atoms with E-state index < -0.39 is 106 Å². The molecule has 0 bridgehead atoms. The normalized spacial score (nSPS) is 28.2. The highest BCUT2D eigenvalue weighted by atomic mass is 31.3. The number of nitrogen functional groups attached to an aromatic ring is 1. The SMILES string of the molecule is N.N.Nc1ncnc2c1ncn2[C@@H]1O[C@H](COP(=O)(O)OP(=O)(O)OC[C@H]2O[C@H](Oc3ccc4c(C(F)(F)F)cc(=O)oc4c3)[C@H](O)[C@@H]2O)[C@@H](O)[C@H]1O. The van der Waals surface area contributed by atoms with Crippen LogP contribution in [0.25, 0.3) is 22.1 Å². The van der Waals surface area contributed by atoms with E-state index >= 15 is 0 Å². The first-order valence-corrected chi connectivity index (χ1v) is 17.3. The fraction of sp³-hybridized carbons (Fsp3) is 0.440. The second-order valence-electron chi connectivity index (χ2n) is 11.0. The van der Waals surface area contributed by atoms with Gasteiger partial charge in [0, 0.05) is 17.5 Å². The number of hydrogen-bond acceptors (Lipinski definition) is 20. The monoisotopic (exact) mass is 805 g/mol. The molecule has 0 aliphatic carbocycles. The Kier molecular flexibility index (Phi) is 12.4. The number of ether oxygens (including phenoxy) is 3. The van der Waals surface area contributed by atoms with E-state index in [9.17, 15) is 57.3 Å². The van der Waals surface area contributed by atoms with E-state index in [2.05, 4.69) is 28.3 Å².